The number of para-hydroxylation sites is 1. The van der Waals surface area contributed by atoms with Crippen molar-refractivity contribution >= 4 is 29.1 Å². The van der Waals surface area contributed by atoms with Crippen molar-refractivity contribution in [2.24, 2.45) is 0 Å². The van der Waals surface area contributed by atoms with E-state index in [2.05, 4.69) is 10.1 Å². The van der Waals surface area contributed by atoms with E-state index in [1.807, 2.05) is 54.6 Å². The van der Waals surface area contributed by atoms with Crippen molar-refractivity contribution in [2.75, 3.05) is 4.90 Å². The van der Waals surface area contributed by atoms with Crippen LogP contribution in [0.1, 0.15) is 40.0 Å². The Balaban J connectivity index is 1.67. The Morgan fingerprint density at radius 2 is 1.61 bits per heavy atom. The molecule has 0 saturated heterocycles. The van der Waals surface area contributed by atoms with Crippen LogP contribution in [0.3, 0.4) is 0 Å². The van der Waals surface area contributed by atoms with Gasteiger partial charge in [0.05, 0.1) is 17.0 Å². The van der Waals surface area contributed by atoms with Crippen LogP contribution in [0.2, 0.25) is 5.02 Å². The lowest BCUT2D eigenvalue weighted by Gasteiger charge is -2.39. The van der Waals surface area contributed by atoms with Crippen LogP contribution in [0.25, 0.3) is 0 Å². The van der Waals surface area contributed by atoms with Crippen LogP contribution in [0, 0.1) is 10.1 Å². The molecule has 33 heavy (non-hydrogen) atoms. The van der Waals surface area contributed by atoms with Gasteiger partial charge in [0.1, 0.15) is 11.9 Å². The Morgan fingerprint density at radius 3 is 2.33 bits per heavy atom. The molecule has 5 rings (SSSR count). The highest BCUT2D eigenvalue weighted by Crippen LogP contribution is 2.43. The van der Waals surface area contributed by atoms with Crippen LogP contribution in [0.4, 0.5) is 11.6 Å². The highest BCUT2D eigenvalue weighted by molar-refractivity contribution is 6.30. The van der Waals surface area contributed by atoms with E-state index in [0.29, 0.717) is 17.4 Å². The van der Waals surface area contributed by atoms with Crippen LogP contribution in [0.5, 0.6) is 0 Å². The molecule has 1 amide bonds. The van der Waals surface area contributed by atoms with Crippen molar-refractivity contribution in [3.63, 3.8) is 0 Å². The number of nitro benzene ring substituents is 1. The van der Waals surface area contributed by atoms with Crippen molar-refractivity contribution in [2.45, 2.75) is 18.5 Å². The van der Waals surface area contributed by atoms with E-state index in [1.165, 1.54) is 23.4 Å². The number of nitrogens with zero attached hydrogens (tertiary/aromatic N) is 5. The first-order valence-corrected chi connectivity index (χ1v) is 10.7. The smallest absolute Gasteiger partial charge is 0.269 e. The number of hydrogen-bond acceptors (Lipinski definition) is 5. The fourth-order valence-corrected chi connectivity index (χ4v) is 4.42. The molecular weight excluding hydrogens is 442 g/mol. The summed E-state index contributed by atoms with van der Waals surface area (Å²) in [6.07, 6.45) is 1.90. The van der Waals surface area contributed by atoms with Gasteiger partial charge in [0.25, 0.3) is 11.6 Å². The second-order valence-electron chi connectivity index (χ2n) is 7.68. The molecule has 0 fully saturated rings. The van der Waals surface area contributed by atoms with E-state index in [9.17, 15) is 14.9 Å². The molecule has 2 heterocycles. The number of aromatic nitrogens is 3. The number of carbonyl (C=O) groups is 1. The van der Waals surface area contributed by atoms with Crippen molar-refractivity contribution in [3.05, 3.63) is 117 Å². The Morgan fingerprint density at radius 1 is 0.939 bits per heavy atom. The molecule has 8 nitrogen and oxygen atoms in total. The van der Waals surface area contributed by atoms with Gasteiger partial charge in [-0.15, -0.1) is 0 Å². The van der Waals surface area contributed by atoms with Gasteiger partial charge in [0.15, 0.2) is 0 Å². The minimum Gasteiger partial charge on any atom is -0.269 e. The number of fused-ring (bicyclic) bond motifs is 1. The lowest BCUT2D eigenvalue weighted by atomic mass is 9.91. The summed E-state index contributed by atoms with van der Waals surface area (Å²) in [7, 11) is 0. The summed E-state index contributed by atoms with van der Waals surface area (Å²) in [6, 6.07) is 22.4. The number of benzene rings is 3. The zero-order valence-electron chi connectivity index (χ0n) is 17.3. The second kappa shape index (κ2) is 8.48. The maximum atomic E-state index is 13.8. The predicted octanol–water partition coefficient (Wildman–Crippen LogP) is 5.22. The molecule has 1 aliphatic heterocycles. The maximum absolute atomic E-state index is 13.8. The third-order valence-electron chi connectivity index (χ3n) is 5.81. The highest BCUT2D eigenvalue weighted by atomic mass is 35.5. The first-order valence-electron chi connectivity index (χ1n) is 10.3. The summed E-state index contributed by atoms with van der Waals surface area (Å²) in [6.45, 7) is 0. The molecule has 0 saturated carbocycles. The quantitative estimate of drug-likeness (QED) is 0.308. The summed E-state index contributed by atoms with van der Waals surface area (Å²) >= 11 is 6.08. The van der Waals surface area contributed by atoms with Gasteiger partial charge in [-0.2, -0.15) is 10.1 Å². The Bertz CT molecular complexity index is 1320. The number of amides is 1. The van der Waals surface area contributed by atoms with Gasteiger partial charge in [0, 0.05) is 11.1 Å². The van der Waals surface area contributed by atoms with Crippen molar-refractivity contribution in [1.82, 2.24) is 14.8 Å². The zero-order valence-corrected chi connectivity index (χ0v) is 18.0. The summed E-state index contributed by atoms with van der Waals surface area (Å²) < 4.78 is 1.69. The van der Waals surface area contributed by atoms with Gasteiger partial charge >= 0.3 is 0 Å². The molecule has 1 aliphatic rings. The molecule has 0 N–H and O–H groups in total. The normalized spacial score (nSPS) is 17.4. The molecule has 164 valence electrons. The maximum Gasteiger partial charge on any atom is 0.282 e. The minimum absolute atomic E-state index is 0.00271. The topological polar surface area (TPSA) is 94.2 Å². The van der Waals surface area contributed by atoms with E-state index in [4.69, 9.17) is 11.6 Å². The summed E-state index contributed by atoms with van der Waals surface area (Å²) in [5, 5.41) is 16.6. The van der Waals surface area contributed by atoms with Crippen molar-refractivity contribution < 1.29 is 9.72 Å². The zero-order chi connectivity index (χ0) is 22.9. The third kappa shape index (κ3) is 3.74. The van der Waals surface area contributed by atoms with Crippen LogP contribution in [-0.4, -0.2) is 25.6 Å². The lowest BCUT2D eigenvalue weighted by Crippen LogP contribution is -2.42. The molecule has 0 spiro atoms. The number of halogens is 1. The van der Waals surface area contributed by atoms with Gasteiger partial charge < -0.3 is 0 Å². The number of hydrogen-bond donors (Lipinski definition) is 0. The van der Waals surface area contributed by atoms with E-state index in [0.717, 1.165) is 11.1 Å². The summed E-state index contributed by atoms with van der Waals surface area (Å²) in [4.78, 5) is 30.7. The Labute approximate surface area is 194 Å². The lowest BCUT2D eigenvalue weighted by molar-refractivity contribution is -0.385. The molecular formula is C24H18ClN5O3. The second-order valence-corrected chi connectivity index (χ2v) is 8.12. The van der Waals surface area contributed by atoms with Crippen LogP contribution < -0.4 is 4.90 Å². The van der Waals surface area contributed by atoms with Crippen LogP contribution in [-0.2, 0) is 0 Å². The van der Waals surface area contributed by atoms with Crippen molar-refractivity contribution in [3.8, 4) is 0 Å². The van der Waals surface area contributed by atoms with E-state index in [1.54, 1.807) is 16.8 Å². The minimum atomic E-state index is -0.546. The van der Waals surface area contributed by atoms with Gasteiger partial charge in [-0.1, -0.05) is 66.2 Å². The van der Waals surface area contributed by atoms with E-state index in [-0.39, 0.29) is 17.3 Å². The molecule has 4 aromatic rings. The molecule has 0 aliphatic carbocycles. The first-order chi connectivity index (χ1) is 16.0. The number of rotatable bonds is 4. The van der Waals surface area contributed by atoms with Gasteiger partial charge in [-0.25, -0.2) is 4.68 Å². The molecule has 0 unspecified atom stereocenters. The van der Waals surface area contributed by atoms with E-state index >= 15 is 0 Å². The monoisotopic (exact) mass is 459 g/mol. The predicted molar refractivity (Wildman–Crippen MR) is 123 cm³/mol. The SMILES string of the molecule is O=C(c1ccccc1[N+](=O)[O-])N1c2ncnn2[C@H](c2ccc(Cl)cc2)C[C@H]1c1ccccc1. The van der Waals surface area contributed by atoms with Crippen molar-refractivity contribution in [1.29, 1.82) is 0 Å². The average Bonchev–Trinajstić information content (AvgIpc) is 3.33. The Hall–Kier alpha value is -4.04. The number of nitro groups is 1. The third-order valence-corrected chi connectivity index (χ3v) is 6.06. The largest absolute Gasteiger partial charge is 0.282 e. The van der Waals surface area contributed by atoms with E-state index < -0.39 is 16.9 Å². The first kappa shape index (κ1) is 20.8. The standard InChI is InChI=1S/C24H18ClN5O3/c25-18-12-10-17(11-13-18)22-14-21(16-6-2-1-3-7-16)28(24-26-15-27-29(22)24)23(31)19-8-4-5-9-20(19)30(32)33/h1-13,15,21-22H,14H2/t21-,22-/m0/s1. The number of anilines is 1. The average molecular weight is 460 g/mol. The molecule has 0 radical (unpaired) electrons. The molecule has 2 atom stereocenters. The fourth-order valence-electron chi connectivity index (χ4n) is 4.29. The fraction of sp³-hybridized carbons (Fsp3) is 0.125. The highest BCUT2D eigenvalue weighted by Gasteiger charge is 2.41. The van der Waals surface area contributed by atoms with Gasteiger partial charge in [-0.3, -0.25) is 19.8 Å². The molecule has 3 aromatic carbocycles. The van der Waals surface area contributed by atoms with Gasteiger partial charge in [-0.05, 0) is 35.7 Å². The number of carbonyl (C=O) groups excluding carboxylic acids is 1. The Kier molecular flexibility index (Phi) is 5.35. The summed E-state index contributed by atoms with van der Waals surface area (Å²) in [5.41, 5.74) is 1.63. The molecule has 9 heteroatoms. The van der Waals surface area contributed by atoms with Crippen LogP contribution in [0.15, 0.2) is 85.2 Å². The van der Waals surface area contributed by atoms with Crippen LogP contribution >= 0.6 is 11.6 Å². The molecule has 0 bridgehead atoms. The molecule has 1 aromatic heterocycles. The van der Waals surface area contributed by atoms with Gasteiger partial charge in [0.2, 0.25) is 5.95 Å². The summed E-state index contributed by atoms with van der Waals surface area (Å²) in [5.74, 6) is -0.168.